The highest BCUT2D eigenvalue weighted by Gasteiger charge is 2.34. The van der Waals surface area contributed by atoms with Gasteiger partial charge in [0.05, 0.1) is 82.0 Å². The number of fused-ring (bicyclic) bond motifs is 1. The lowest BCUT2D eigenvalue weighted by Gasteiger charge is -2.13. The fourth-order valence-electron chi connectivity index (χ4n) is 3.34. The van der Waals surface area contributed by atoms with Crippen LogP contribution in [0.3, 0.4) is 0 Å². The zero-order chi connectivity index (χ0) is 25.8. The number of carbonyl (C=O) groups excluding carboxylic acids is 2. The van der Waals surface area contributed by atoms with Crippen molar-refractivity contribution >= 4 is 21.9 Å². The van der Waals surface area contributed by atoms with Gasteiger partial charge < -0.3 is 18.9 Å². The number of carbonyl (C=O) groups is 2. The van der Waals surface area contributed by atoms with Crippen molar-refractivity contribution < 1.29 is 41.1 Å². The molecule has 0 N–H and O–H groups in total. The van der Waals surface area contributed by atoms with Gasteiger partial charge in [0.1, 0.15) is 0 Å². The number of hydrogen-bond donors (Lipinski definition) is 0. The van der Waals surface area contributed by atoms with E-state index in [2.05, 4.69) is 0 Å². The third kappa shape index (κ3) is 8.19. The Hall–Kier alpha value is -2.67. The summed E-state index contributed by atoms with van der Waals surface area (Å²) in [5.74, 6) is -0.590. The molecule has 11 heteroatoms. The van der Waals surface area contributed by atoms with Crippen molar-refractivity contribution in [1.29, 1.82) is 0 Å². The molecule has 1 aliphatic heterocycles. The van der Waals surface area contributed by atoms with Crippen LogP contribution in [0.1, 0.15) is 26.3 Å². The summed E-state index contributed by atoms with van der Waals surface area (Å²) in [5.41, 5.74) is 1.82. The minimum atomic E-state index is -3.78. The van der Waals surface area contributed by atoms with Crippen molar-refractivity contribution in [3.8, 4) is 0 Å². The second-order valence-corrected chi connectivity index (χ2v) is 9.46. The molecule has 3 rings (SSSR count). The number of rotatable bonds is 17. The molecular formula is C25H31NO9S. The summed E-state index contributed by atoms with van der Waals surface area (Å²) < 4.78 is 50.6. The molecule has 1 aliphatic rings. The first-order chi connectivity index (χ1) is 17.4. The van der Waals surface area contributed by atoms with E-state index in [1.54, 1.807) is 36.4 Å². The van der Waals surface area contributed by atoms with E-state index < -0.39 is 10.1 Å². The monoisotopic (exact) mass is 521 g/mol. The number of hydrogen-bond acceptors (Lipinski definition) is 9. The number of imide groups is 1. The minimum Gasteiger partial charge on any atom is -0.377 e. The molecule has 0 radical (unpaired) electrons. The number of aryl methyl sites for hydroxylation is 1. The molecular weight excluding hydrogens is 490 g/mol. The third-order valence-electron chi connectivity index (χ3n) is 5.23. The third-order valence-corrected chi connectivity index (χ3v) is 6.56. The molecule has 0 bridgehead atoms. The average molecular weight is 522 g/mol. The molecule has 10 nitrogen and oxygen atoms in total. The number of nitrogens with zero attached hydrogens (tertiary/aromatic N) is 1. The van der Waals surface area contributed by atoms with Crippen LogP contribution in [-0.2, 0) is 33.2 Å². The van der Waals surface area contributed by atoms with Crippen molar-refractivity contribution in [2.24, 2.45) is 0 Å². The van der Waals surface area contributed by atoms with Crippen molar-refractivity contribution in [1.82, 2.24) is 4.90 Å². The van der Waals surface area contributed by atoms with Gasteiger partial charge in [0.2, 0.25) is 0 Å². The Bertz CT molecular complexity index is 1070. The molecule has 2 aromatic rings. The van der Waals surface area contributed by atoms with Crippen molar-refractivity contribution in [2.75, 3.05) is 66.0 Å². The van der Waals surface area contributed by atoms with Gasteiger partial charge in [0.15, 0.2) is 0 Å². The van der Waals surface area contributed by atoms with E-state index in [4.69, 9.17) is 23.1 Å². The summed E-state index contributed by atoms with van der Waals surface area (Å²) >= 11 is 0. The van der Waals surface area contributed by atoms with Gasteiger partial charge in [0, 0.05) is 0 Å². The summed E-state index contributed by atoms with van der Waals surface area (Å²) in [7, 11) is -3.78. The maximum absolute atomic E-state index is 12.2. The topological polar surface area (TPSA) is 118 Å². The maximum atomic E-state index is 12.2. The zero-order valence-corrected chi connectivity index (χ0v) is 21.0. The first kappa shape index (κ1) is 27.9. The van der Waals surface area contributed by atoms with Gasteiger partial charge >= 0.3 is 0 Å². The quantitative estimate of drug-likeness (QED) is 0.175. The van der Waals surface area contributed by atoms with Gasteiger partial charge in [-0.1, -0.05) is 29.8 Å². The van der Waals surface area contributed by atoms with Crippen molar-refractivity contribution in [2.45, 2.75) is 11.8 Å². The van der Waals surface area contributed by atoms with Crippen LogP contribution in [0.5, 0.6) is 0 Å². The van der Waals surface area contributed by atoms with Crippen LogP contribution >= 0.6 is 0 Å². The lowest BCUT2D eigenvalue weighted by Crippen LogP contribution is -2.33. The molecule has 0 fully saturated rings. The van der Waals surface area contributed by atoms with E-state index >= 15 is 0 Å². The second kappa shape index (κ2) is 14.2. The molecule has 0 aromatic heterocycles. The van der Waals surface area contributed by atoms with Crippen LogP contribution in [0.2, 0.25) is 0 Å². The fourth-order valence-corrected chi connectivity index (χ4v) is 4.23. The molecule has 196 valence electrons. The summed E-state index contributed by atoms with van der Waals surface area (Å²) in [6.07, 6.45) is 0. The molecule has 1 heterocycles. The number of ether oxygens (including phenoxy) is 4. The van der Waals surface area contributed by atoms with E-state index in [-0.39, 0.29) is 43.1 Å². The Morgan fingerprint density at radius 1 is 0.639 bits per heavy atom. The Morgan fingerprint density at radius 3 is 1.58 bits per heavy atom. The predicted octanol–water partition coefficient (Wildman–Crippen LogP) is 2.06. The summed E-state index contributed by atoms with van der Waals surface area (Å²) in [6.45, 7) is 4.43. The highest BCUT2D eigenvalue weighted by molar-refractivity contribution is 7.86. The Labute approximate surface area is 211 Å². The molecule has 0 saturated heterocycles. The molecule has 0 spiro atoms. The van der Waals surface area contributed by atoms with Gasteiger partial charge in [-0.3, -0.25) is 18.7 Å². The minimum absolute atomic E-state index is 0.0770. The summed E-state index contributed by atoms with van der Waals surface area (Å²) in [6, 6.07) is 13.2. The number of benzene rings is 2. The molecule has 0 unspecified atom stereocenters. The van der Waals surface area contributed by atoms with Gasteiger partial charge in [-0.2, -0.15) is 8.42 Å². The van der Waals surface area contributed by atoms with E-state index in [1.165, 1.54) is 17.0 Å². The van der Waals surface area contributed by atoms with Crippen LogP contribution in [-0.4, -0.2) is 91.1 Å². The van der Waals surface area contributed by atoms with E-state index in [0.29, 0.717) is 50.8 Å². The Kier molecular flexibility index (Phi) is 11.0. The Balaban J connectivity index is 1.11. The maximum Gasteiger partial charge on any atom is 0.297 e. The number of amides is 2. The van der Waals surface area contributed by atoms with Crippen LogP contribution in [0, 0.1) is 6.92 Å². The highest BCUT2D eigenvalue weighted by atomic mass is 32.2. The largest absolute Gasteiger partial charge is 0.377 e. The molecule has 0 saturated carbocycles. The summed E-state index contributed by atoms with van der Waals surface area (Å²) in [5, 5.41) is 0. The van der Waals surface area contributed by atoms with Crippen LogP contribution in [0.15, 0.2) is 53.4 Å². The molecule has 2 amide bonds. The van der Waals surface area contributed by atoms with Gasteiger partial charge in [-0.15, -0.1) is 0 Å². The summed E-state index contributed by atoms with van der Waals surface area (Å²) in [4.78, 5) is 25.8. The molecule has 0 aliphatic carbocycles. The SMILES string of the molecule is Cc1ccc(S(=O)(=O)OCCOCCOCCOCCOCCN2C(=O)c3ccccc3C2=O)cc1. The standard InChI is InChI=1S/C25H31NO9S/c1-20-6-8-21(9-7-20)36(29,30)35-19-18-34-17-16-33-15-14-32-13-12-31-11-10-26-24(27)22-4-2-3-5-23(22)25(26)28/h2-9H,10-19H2,1H3. The van der Waals surface area contributed by atoms with E-state index in [9.17, 15) is 18.0 Å². The molecule has 0 atom stereocenters. The van der Waals surface area contributed by atoms with E-state index in [0.717, 1.165) is 5.56 Å². The smallest absolute Gasteiger partial charge is 0.297 e. The molecule has 2 aromatic carbocycles. The molecule has 36 heavy (non-hydrogen) atoms. The first-order valence-corrected chi connectivity index (χ1v) is 13.0. The van der Waals surface area contributed by atoms with Crippen LogP contribution in [0.25, 0.3) is 0 Å². The van der Waals surface area contributed by atoms with Crippen molar-refractivity contribution in [3.63, 3.8) is 0 Å². The second-order valence-electron chi connectivity index (χ2n) is 7.85. The van der Waals surface area contributed by atoms with Gasteiger partial charge in [-0.05, 0) is 31.2 Å². The van der Waals surface area contributed by atoms with Crippen LogP contribution < -0.4 is 0 Å². The highest BCUT2D eigenvalue weighted by Crippen LogP contribution is 2.21. The van der Waals surface area contributed by atoms with E-state index in [1.807, 2.05) is 6.92 Å². The Morgan fingerprint density at radius 2 is 1.08 bits per heavy atom. The normalized spacial score (nSPS) is 13.4. The average Bonchev–Trinajstić information content (AvgIpc) is 3.11. The van der Waals surface area contributed by atoms with Gasteiger partial charge in [0.25, 0.3) is 21.9 Å². The van der Waals surface area contributed by atoms with Crippen molar-refractivity contribution in [3.05, 3.63) is 65.2 Å². The first-order valence-electron chi connectivity index (χ1n) is 11.6. The van der Waals surface area contributed by atoms with Crippen LogP contribution in [0.4, 0.5) is 0 Å². The van der Waals surface area contributed by atoms with Gasteiger partial charge in [-0.25, -0.2) is 0 Å². The predicted molar refractivity (Wildman–Crippen MR) is 129 cm³/mol. The lowest BCUT2D eigenvalue weighted by atomic mass is 10.1. The fraction of sp³-hybridized carbons (Fsp3) is 0.440. The zero-order valence-electron chi connectivity index (χ0n) is 20.2. The lowest BCUT2D eigenvalue weighted by molar-refractivity contribution is -0.00561.